The molecule has 5 unspecified atom stereocenters. The monoisotopic (exact) mass is 353 g/mol. The minimum atomic E-state index is -0.889. The van der Waals surface area contributed by atoms with E-state index in [0.717, 1.165) is 0 Å². The van der Waals surface area contributed by atoms with E-state index in [0.29, 0.717) is 5.56 Å². The molecule has 0 spiro atoms. The number of carbonyl (C=O) groups is 2. The number of aliphatic hydroxyl groups is 1. The Morgan fingerprint density at radius 1 is 1.16 bits per heavy atom. The molecule has 0 bridgehead atoms. The zero-order valence-electron chi connectivity index (χ0n) is 14.4. The largest absolute Gasteiger partial charge is 0.457 e. The van der Waals surface area contributed by atoms with Crippen LogP contribution in [0.3, 0.4) is 0 Å². The molecular formula is C17H23NO7. The number of esters is 1. The van der Waals surface area contributed by atoms with E-state index in [1.165, 1.54) is 21.1 Å². The van der Waals surface area contributed by atoms with Crippen LogP contribution in [0.5, 0.6) is 0 Å². The van der Waals surface area contributed by atoms with Gasteiger partial charge in [0.15, 0.2) is 12.4 Å². The Morgan fingerprint density at radius 2 is 1.84 bits per heavy atom. The number of rotatable bonds is 6. The van der Waals surface area contributed by atoms with Gasteiger partial charge < -0.3 is 29.4 Å². The SMILES string of the molecule is COC1OC(CO)C(OC(C)=O)C(OC)C1NC(=O)c1ccccc1. The molecule has 0 aromatic heterocycles. The third kappa shape index (κ3) is 4.55. The summed E-state index contributed by atoms with van der Waals surface area (Å²) in [6.45, 7) is 0.859. The summed E-state index contributed by atoms with van der Waals surface area (Å²) < 4.78 is 21.6. The molecule has 1 aromatic carbocycles. The fourth-order valence-electron chi connectivity index (χ4n) is 2.84. The fourth-order valence-corrected chi connectivity index (χ4v) is 2.84. The Balaban J connectivity index is 2.25. The van der Waals surface area contributed by atoms with Crippen LogP contribution in [0.1, 0.15) is 17.3 Å². The second-order valence-corrected chi connectivity index (χ2v) is 5.60. The molecule has 2 N–H and O–H groups in total. The summed E-state index contributed by atoms with van der Waals surface area (Å²) in [6, 6.07) is 7.90. The molecule has 0 radical (unpaired) electrons. The predicted molar refractivity (Wildman–Crippen MR) is 86.8 cm³/mol. The Labute approximate surface area is 146 Å². The third-order valence-electron chi connectivity index (χ3n) is 3.97. The van der Waals surface area contributed by atoms with E-state index in [1.54, 1.807) is 30.3 Å². The number of hydrogen-bond acceptors (Lipinski definition) is 7. The predicted octanol–water partition coefficient (Wildman–Crippen LogP) is 0.0953. The zero-order chi connectivity index (χ0) is 18.4. The highest BCUT2D eigenvalue weighted by molar-refractivity contribution is 5.94. The molecule has 1 aromatic rings. The molecule has 8 heteroatoms. The first-order valence-electron chi connectivity index (χ1n) is 7.86. The smallest absolute Gasteiger partial charge is 0.303 e. The standard InChI is InChI=1S/C17H23NO7/c1-10(20)24-14-12(9-19)25-17(23-3)13(15(14)22-2)18-16(21)11-7-5-4-6-8-11/h4-8,12-15,17,19H,9H2,1-3H3,(H,18,21). The van der Waals surface area contributed by atoms with E-state index in [1.807, 2.05) is 0 Å². The maximum absolute atomic E-state index is 12.5. The Hall–Kier alpha value is -2.00. The zero-order valence-corrected chi connectivity index (χ0v) is 14.4. The second kappa shape index (κ2) is 8.91. The van der Waals surface area contributed by atoms with Gasteiger partial charge in [0, 0.05) is 26.7 Å². The summed E-state index contributed by atoms with van der Waals surface area (Å²) in [4.78, 5) is 23.9. The number of carbonyl (C=O) groups excluding carboxylic acids is 2. The van der Waals surface area contributed by atoms with Gasteiger partial charge in [-0.3, -0.25) is 9.59 Å². The van der Waals surface area contributed by atoms with Gasteiger partial charge >= 0.3 is 5.97 Å². The summed E-state index contributed by atoms with van der Waals surface area (Å²) >= 11 is 0. The molecule has 25 heavy (non-hydrogen) atoms. The van der Waals surface area contributed by atoms with Crippen molar-refractivity contribution in [3.63, 3.8) is 0 Å². The van der Waals surface area contributed by atoms with Gasteiger partial charge in [-0.2, -0.15) is 0 Å². The molecule has 1 saturated heterocycles. The quantitative estimate of drug-likeness (QED) is 0.699. The van der Waals surface area contributed by atoms with Gasteiger partial charge in [0.1, 0.15) is 18.2 Å². The first kappa shape index (κ1) is 19.3. The molecule has 0 aliphatic carbocycles. The van der Waals surface area contributed by atoms with Gasteiger partial charge in [0.05, 0.1) is 6.61 Å². The molecule has 1 aliphatic rings. The lowest BCUT2D eigenvalue weighted by atomic mass is 9.96. The molecule has 5 atom stereocenters. The highest BCUT2D eigenvalue weighted by Gasteiger charge is 2.49. The van der Waals surface area contributed by atoms with E-state index in [9.17, 15) is 14.7 Å². The van der Waals surface area contributed by atoms with Crippen molar-refractivity contribution in [2.24, 2.45) is 0 Å². The average Bonchev–Trinajstić information content (AvgIpc) is 2.62. The number of benzene rings is 1. The van der Waals surface area contributed by atoms with Crippen LogP contribution in [0.4, 0.5) is 0 Å². The van der Waals surface area contributed by atoms with E-state index in [2.05, 4.69) is 5.32 Å². The lowest BCUT2D eigenvalue weighted by Crippen LogP contribution is -2.66. The highest BCUT2D eigenvalue weighted by Crippen LogP contribution is 2.26. The molecule has 0 saturated carbocycles. The summed E-state index contributed by atoms with van der Waals surface area (Å²) in [5.74, 6) is -0.888. The molecule has 138 valence electrons. The van der Waals surface area contributed by atoms with Gasteiger partial charge in [-0.25, -0.2) is 0 Å². The first-order valence-corrected chi connectivity index (χ1v) is 7.86. The maximum atomic E-state index is 12.5. The van der Waals surface area contributed by atoms with Crippen LogP contribution in [-0.4, -0.2) is 68.5 Å². The van der Waals surface area contributed by atoms with Crippen LogP contribution < -0.4 is 5.32 Å². The average molecular weight is 353 g/mol. The Bertz CT molecular complexity index is 580. The summed E-state index contributed by atoms with van der Waals surface area (Å²) in [5.41, 5.74) is 0.459. The lowest BCUT2D eigenvalue weighted by molar-refractivity contribution is -0.269. The Morgan fingerprint density at radius 3 is 2.36 bits per heavy atom. The van der Waals surface area contributed by atoms with Crippen LogP contribution in [0.25, 0.3) is 0 Å². The van der Waals surface area contributed by atoms with Gasteiger partial charge in [-0.1, -0.05) is 18.2 Å². The highest BCUT2D eigenvalue weighted by atomic mass is 16.7. The van der Waals surface area contributed by atoms with Crippen LogP contribution in [0, 0.1) is 0 Å². The van der Waals surface area contributed by atoms with Crippen LogP contribution in [0.2, 0.25) is 0 Å². The lowest BCUT2D eigenvalue weighted by Gasteiger charge is -2.44. The maximum Gasteiger partial charge on any atom is 0.303 e. The van der Waals surface area contributed by atoms with Crippen molar-refractivity contribution in [2.75, 3.05) is 20.8 Å². The van der Waals surface area contributed by atoms with Crippen molar-refractivity contribution in [1.82, 2.24) is 5.32 Å². The number of hydrogen-bond donors (Lipinski definition) is 2. The van der Waals surface area contributed by atoms with Crippen molar-refractivity contribution in [3.8, 4) is 0 Å². The molecule has 8 nitrogen and oxygen atoms in total. The molecule has 1 aliphatic heterocycles. The number of nitrogens with one attached hydrogen (secondary N) is 1. The molecule has 1 amide bonds. The minimum Gasteiger partial charge on any atom is -0.457 e. The van der Waals surface area contributed by atoms with Gasteiger partial charge in [0.25, 0.3) is 5.91 Å². The van der Waals surface area contributed by atoms with Gasteiger partial charge in [-0.05, 0) is 12.1 Å². The second-order valence-electron chi connectivity index (χ2n) is 5.60. The van der Waals surface area contributed by atoms with E-state index in [4.69, 9.17) is 18.9 Å². The minimum absolute atomic E-state index is 0.345. The van der Waals surface area contributed by atoms with Crippen molar-refractivity contribution in [1.29, 1.82) is 0 Å². The van der Waals surface area contributed by atoms with Crippen LogP contribution in [-0.2, 0) is 23.7 Å². The van der Waals surface area contributed by atoms with Crippen molar-refractivity contribution in [3.05, 3.63) is 35.9 Å². The summed E-state index contributed by atoms with van der Waals surface area (Å²) in [5, 5.41) is 12.3. The third-order valence-corrected chi connectivity index (χ3v) is 3.97. The number of ether oxygens (including phenoxy) is 4. The summed E-state index contributed by atoms with van der Waals surface area (Å²) in [6.07, 6.45) is -3.35. The Kier molecular flexibility index (Phi) is 6.89. The van der Waals surface area contributed by atoms with Crippen molar-refractivity contribution in [2.45, 2.75) is 37.6 Å². The normalized spacial score (nSPS) is 29.0. The first-order chi connectivity index (χ1) is 12.0. The molecular weight excluding hydrogens is 330 g/mol. The number of amides is 1. The topological polar surface area (TPSA) is 103 Å². The number of aliphatic hydroxyl groups excluding tert-OH is 1. The summed E-state index contributed by atoms with van der Waals surface area (Å²) in [7, 11) is 2.84. The van der Waals surface area contributed by atoms with E-state index in [-0.39, 0.29) is 5.91 Å². The molecule has 1 fully saturated rings. The van der Waals surface area contributed by atoms with Crippen molar-refractivity contribution < 1.29 is 33.6 Å². The number of methoxy groups -OCH3 is 2. The van der Waals surface area contributed by atoms with Crippen LogP contribution >= 0.6 is 0 Å². The van der Waals surface area contributed by atoms with E-state index < -0.39 is 43.2 Å². The fraction of sp³-hybridized carbons (Fsp3) is 0.529. The molecule has 2 rings (SSSR count). The van der Waals surface area contributed by atoms with E-state index >= 15 is 0 Å². The van der Waals surface area contributed by atoms with Crippen molar-refractivity contribution >= 4 is 11.9 Å². The van der Waals surface area contributed by atoms with Gasteiger partial charge in [0.2, 0.25) is 0 Å². The van der Waals surface area contributed by atoms with Crippen LogP contribution in [0.15, 0.2) is 30.3 Å². The molecule has 1 heterocycles. The van der Waals surface area contributed by atoms with Gasteiger partial charge in [-0.15, -0.1) is 0 Å².